The standard InChI is InChI=1S/C15H17N3OS2/c1-4-11-10(3)20-15(17-11)18-14(19)13-8-9(2)12(21-13)6-5-7-16/h8H,4,7,16H2,1-3H3,(H,17,18,19). The average molecular weight is 319 g/mol. The third kappa shape index (κ3) is 3.70. The van der Waals surface area contributed by atoms with Crippen LogP contribution < -0.4 is 11.1 Å². The molecule has 0 radical (unpaired) electrons. The summed E-state index contributed by atoms with van der Waals surface area (Å²) in [6.07, 6.45) is 0.870. The first-order chi connectivity index (χ1) is 10.0. The summed E-state index contributed by atoms with van der Waals surface area (Å²) in [5, 5.41) is 3.50. The number of nitrogens with zero attached hydrogens (tertiary/aromatic N) is 1. The normalized spacial score (nSPS) is 10.1. The maximum Gasteiger partial charge on any atom is 0.267 e. The van der Waals surface area contributed by atoms with Crippen LogP contribution in [0.2, 0.25) is 0 Å². The second-order valence-corrected chi connectivity index (χ2v) is 6.71. The fourth-order valence-corrected chi connectivity index (χ4v) is 3.66. The van der Waals surface area contributed by atoms with E-state index in [-0.39, 0.29) is 5.91 Å². The number of hydrogen-bond acceptors (Lipinski definition) is 5. The van der Waals surface area contributed by atoms with Crippen molar-refractivity contribution in [2.24, 2.45) is 5.73 Å². The van der Waals surface area contributed by atoms with Gasteiger partial charge in [-0.15, -0.1) is 22.7 Å². The zero-order valence-corrected chi connectivity index (χ0v) is 13.9. The van der Waals surface area contributed by atoms with Gasteiger partial charge in [-0.2, -0.15) is 0 Å². The maximum atomic E-state index is 12.3. The van der Waals surface area contributed by atoms with Crippen molar-refractivity contribution in [2.75, 3.05) is 11.9 Å². The van der Waals surface area contributed by atoms with E-state index < -0.39 is 0 Å². The number of carbonyl (C=O) groups is 1. The minimum absolute atomic E-state index is 0.139. The number of anilines is 1. The molecule has 0 aliphatic rings. The van der Waals surface area contributed by atoms with Gasteiger partial charge in [0.15, 0.2) is 5.13 Å². The van der Waals surface area contributed by atoms with E-state index in [1.54, 1.807) is 0 Å². The number of thiophene rings is 1. The third-order valence-electron chi connectivity index (χ3n) is 2.89. The van der Waals surface area contributed by atoms with Crippen molar-refractivity contribution in [3.05, 3.63) is 32.0 Å². The first-order valence-corrected chi connectivity index (χ1v) is 8.25. The van der Waals surface area contributed by atoms with Gasteiger partial charge in [0, 0.05) is 4.88 Å². The first kappa shape index (κ1) is 15.7. The predicted molar refractivity (Wildman–Crippen MR) is 89.2 cm³/mol. The van der Waals surface area contributed by atoms with Crippen molar-refractivity contribution in [3.8, 4) is 11.8 Å². The molecular formula is C15H17N3OS2. The molecule has 0 bridgehead atoms. The van der Waals surface area contributed by atoms with Crippen LogP contribution in [0.5, 0.6) is 0 Å². The van der Waals surface area contributed by atoms with Crippen LogP contribution in [0.4, 0.5) is 5.13 Å². The summed E-state index contributed by atoms with van der Waals surface area (Å²) in [7, 11) is 0. The summed E-state index contributed by atoms with van der Waals surface area (Å²) in [4.78, 5) is 19.3. The predicted octanol–water partition coefficient (Wildman–Crippen LogP) is 2.95. The Morgan fingerprint density at radius 2 is 2.19 bits per heavy atom. The Bertz CT molecular complexity index is 719. The molecular weight excluding hydrogens is 302 g/mol. The van der Waals surface area contributed by atoms with E-state index in [1.165, 1.54) is 22.7 Å². The molecule has 2 aromatic heterocycles. The smallest absolute Gasteiger partial charge is 0.267 e. The average Bonchev–Trinajstić information content (AvgIpc) is 2.99. The van der Waals surface area contributed by atoms with Gasteiger partial charge in [0.25, 0.3) is 5.91 Å². The summed E-state index contributed by atoms with van der Waals surface area (Å²) < 4.78 is 0. The molecule has 0 saturated heterocycles. The van der Waals surface area contributed by atoms with Gasteiger partial charge in [0.05, 0.1) is 22.0 Å². The van der Waals surface area contributed by atoms with Crippen molar-refractivity contribution < 1.29 is 4.79 Å². The zero-order chi connectivity index (χ0) is 15.4. The molecule has 0 saturated carbocycles. The number of carbonyl (C=O) groups excluding carboxylic acids is 1. The number of hydrogen-bond donors (Lipinski definition) is 2. The van der Waals surface area contributed by atoms with Crippen LogP contribution in [0, 0.1) is 25.7 Å². The van der Waals surface area contributed by atoms with E-state index in [0.717, 1.165) is 27.4 Å². The summed E-state index contributed by atoms with van der Waals surface area (Å²) in [5.74, 6) is 5.66. The fourth-order valence-electron chi connectivity index (χ4n) is 1.82. The highest BCUT2D eigenvalue weighted by Crippen LogP contribution is 2.25. The van der Waals surface area contributed by atoms with Gasteiger partial charge < -0.3 is 5.73 Å². The van der Waals surface area contributed by atoms with Gasteiger partial charge in [-0.05, 0) is 31.9 Å². The molecule has 1 amide bonds. The van der Waals surface area contributed by atoms with Crippen molar-refractivity contribution >= 4 is 33.7 Å². The summed E-state index contributed by atoms with van der Waals surface area (Å²) in [6.45, 7) is 6.33. The monoisotopic (exact) mass is 319 g/mol. The SMILES string of the molecule is CCc1nc(NC(=O)c2cc(C)c(C#CCN)s2)sc1C. The molecule has 0 fully saturated rings. The zero-order valence-electron chi connectivity index (χ0n) is 12.2. The maximum absolute atomic E-state index is 12.3. The van der Waals surface area contributed by atoms with E-state index in [9.17, 15) is 4.79 Å². The lowest BCUT2D eigenvalue weighted by Crippen LogP contribution is -2.09. The van der Waals surface area contributed by atoms with Crippen LogP contribution in [-0.2, 0) is 6.42 Å². The minimum atomic E-state index is -0.139. The van der Waals surface area contributed by atoms with E-state index in [4.69, 9.17) is 5.73 Å². The van der Waals surface area contributed by atoms with Crippen LogP contribution in [-0.4, -0.2) is 17.4 Å². The number of nitrogens with one attached hydrogen (secondary N) is 1. The lowest BCUT2D eigenvalue weighted by atomic mass is 10.2. The molecule has 0 atom stereocenters. The van der Waals surface area contributed by atoms with E-state index >= 15 is 0 Å². The number of nitrogens with two attached hydrogens (primary N) is 1. The van der Waals surface area contributed by atoms with Crippen LogP contribution in [0.3, 0.4) is 0 Å². The third-order valence-corrected chi connectivity index (χ3v) is 4.97. The minimum Gasteiger partial charge on any atom is -0.320 e. The summed E-state index contributed by atoms with van der Waals surface area (Å²) in [5.41, 5.74) is 7.40. The summed E-state index contributed by atoms with van der Waals surface area (Å²) in [6, 6.07) is 1.85. The molecule has 0 aliphatic heterocycles. The molecule has 110 valence electrons. The second kappa shape index (κ2) is 6.85. The Balaban J connectivity index is 2.16. The van der Waals surface area contributed by atoms with E-state index in [1.807, 2.05) is 19.9 Å². The van der Waals surface area contributed by atoms with Gasteiger partial charge in [-0.1, -0.05) is 18.8 Å². The number of amides is 1. The molecule has 2 heterocycles. The highest BCUT2D eigenvalue weighted by atomic mass is 32.1. The molecule has 21 heavy (non-hydrogen) atoms. The lowest BCUT2D eigenvalue weighted by Gasteiger charge is -1.97. The van der Waals surface area contributed by atoms with Gasteiger partial charge in [0.1, 0.15) is 0 Å². The number of aryl methyl sites for hydroxylation is 3. The van der Waals surface area contributed by atoms with E-state index in [0.29, 0.717) is 16.6 Å². The van der Waals surface area contributed by atoms with Crippen molar-refractivity contribution in [3.63, 3.8) is 0 Å². The molecule has 2 rings (SSSR count). The largest absolute Gasteiger partial charge is 0.320 e. The van der Waals surface area contributed by atoms with Gasteiger partial charge in [-0.25, -0.2) is 4.98 Å². The lowest BCUT2D eigenvalue weighted by molar-refractivity contribution is 0.103. The Kier molecular flexibility index (Phi) is 5.12. The summed E-state index contributed by atoms with van der Waals surface area (Å²) >= 11 is 2.88. The Morgan fingerprint density at radius 3 is 2.81 bits per heavy atom. The van der Waals surface area contributed by atoms with Crippen molar-refractivity contribution in [2.45, 2.75) is 27.2 Å². The van der Waals surface area contributed by atoms with Crippen LogP contribution >= 0.6 is 22.7 Å². The Hall–Kier alpha value is -1.68. The second-order valence-electron chi connectivity index (χ2n) is 4.46. The molecule has 4 nitrogen and oxygen atoms in total. The number of rotatable bonds is 3. The molecule has 0 aliphatic carbocycles. The Labute approximate surface area is 132 Å². The first-order valence-electron chi connectivity index (χ1n) is 6.62. The highest BCUT2D eigenvalue weighted by molar-refractivity contribution is 7.16. The molecule has 2 aromatic rings. The fraction of sp³-hybridized carbons (Fsp3) is 0.333. The van der Waals surface area contributed by atoms with Gasteiger partial charge in [0.2, 0.25) is 0 Å². The highest BCUT2D eigenvalue weighted by Gasteiger charge is 2.14. The van der Waals surface area contributed by atoms with Crippen LogP contribution in [0.25, 0.3) is 0 Å². The number of thiazole rings is 1. The van der Waals surface area contributed by atoms with Crippen LogP contribution in [0.1, 0.15) is 37.6 Å². The van der Waals surface area contributed by atoms with Crippen molar-refractivity contribution in [1.29, 1.82) is 0 Å². The Morgan fingerprint density at radius 1 is 1.43 bits per heavy atom. The number of aromatic nitrogens is 1. The molecule has 0 unspecified atom stereocenters. The topological polar surface area (TPSA) is 68.0 Å². The van der Waals surface area contributed by atoms with Gasteiger partial charge >= 0.3 is 0 Å². The molecule has 0 aromatic carbocycles. The molecule has 3 N–H and O–H groups in total. The van der Waals surface area contributed by atoms with Crippen LogP contribution in [0.15, 0.2) is 6.07 Å². The van der Waals surface area contributed by atoms with E-state index in [2.05, 4.69) is 29.1 Å². The van der Waals surface area contributed by atoms with Gasteiger partial charge in [-0.3, -0.25) is 10.1 Å². The quantitative estimate of drug-likeness (QED) is 0.855. The van der Waals surface area contributed by atoms with Crippen molar-refractivity contribution in [1.82, 2.24) is 4.98 Å². The molecule has 0 spiro atoms. The molecule has 6 heteroatoms.